The first-order chi connectivity index (χ1) is 13.6. The van der Waals surface area contributed by atoms with Gasteiger partial charge in [0, 0.05) is 50.4 Å². The molecule has 2 N–H and O–H groups in total. The van der Waals surface area contributed by atoms with Crippen molar-refractivity contribution in [1.29, 1.82) is 0 Å². The maximum atomic E-state index is 12.7. The molecule has 144 valence electrons. The van der Waals surface area contributed by atoms with Crippen LogP contribution in [-0.2, 0) is 4.79 Å². The molecule has 4 rings (SSSR count). The van der Waals surface area contributed by atoms with Crippen LogP contribution in [0.4, 0.5) is 11.5 Å². The van der Waals surface area contributed by atoms with Crippen LogP contribution in [0.25, 0.3) is 10.6 Å². The SMILES string of the molecule is CC(=O)Nc1ccc(C(=O)N2CCN(c3cc(-c4cccs4)[nH]n3)CC2)cc1. The Hall–Kier alpha value is -3.13. The van der Waals surface area contributed by atoms with Crippen molar-refractivity contribution in [2.24, 2.45) is 0 Å². The van der Waals surface area contributed by atoms with Gasteiger partial charge in [-0.15, -0.1) is 11.3 Å². The number of piperazine rings is 1. The third-order valence-corrected chi connectivity index (χ3v) is 5.60. The first-order valence-electron chi connectivity index (χ1n) is 9.11. The molecule has 1 fully saturated rings. The number of hydrogen-bond acceptors (Lipinski definition) is 5. The minimum atomic E-state index is -0.129. The first kappa shape index (κ1) is 18.2. The Morgan fingerprint density at radius 3 is 2.50 bits per heavy atom. The molecule has 1 aliphatic rings. The number of nitrogens with zero attached hydrogens (tertiary/aromatic N) is 3. The second-order valence-corrected chi connectivity index (χ2v) is 7.60. The number of carbonyl (C=O) groups excluding carboxylic acids is 2. The highest BCUT2D eigenvalue weighted by molar-refractivity contribution is 7.13. The monoisotopic (exact) mass is 395 g/mol. The molecule has 0 unspecified atom stereocenters. The zero-order valence-electron chi connectivity index (χ0n) is 15.5. The van der Waals surface area contributed by atoms with Gasteiger partial charge in [0.05, 0.1) is 10.6 Å². The summed E-state index contributed by atoms with van der Waals surface area (Å²) in [4.78, 5) is 29.0. The number of H-pyrrole nitrogens is 1. The Kier molecular flexibility index (Phi) is 5.12. The van der Waals surface area contributed by atoms with Crippen molar-refractivity contribution >= 4 is 34.7 Å². The van der Waals surface area contributed by atoms with E-state index in [1.807, 2.05) is 16.3 Å². The first-order valence-corrected chi connectivity index (χ1v) is 9.99. The van der Waals surface area contributed by atoms with Gasteiger partial charge in [0.1, 0.15) is 0 Å². The van der Waals surface area contributed by atoms with Gasteiger partial charge in [0.2, 0.25) is 5.91 Å². The van der Waals surface area contributed by atoms with Crippen molar-refractivity contribution in [3.8, 4) is 10.6 Å². The van der Waals surface area contributed by atoms with E-state index in [4.69, 9.17) is 0 Å². The average molecular weight is 395 g/mol. The maximum Gasteiger partial charge on any atom is 0.253 e. The number of anilines is 2. The van der Waals surface area contributed by atoms with E-state index < -0.39 is 0 Å². The van der Waals surface area contributed by atoms with Crippen molar-refractivity contribution in [3.05, 3.63) is 53.4 Å². The highest BCUT2D eigenvalue weighted by atomic mass is 32.1. The minimum absolute atomic E-state index is 0.00956. The number of amides is 2. The number of benzene rings is 1. The Balaban J connectivity index is 1.36. The van der Waals surface area contributed by atoms with Crippen LogP contribution >= 0.6 is 11.3 Å². The summed E-state index contributed by atoms with van der Waals surface area (Å²) < 4.78 is 0. The molecule has 0 aliphatic carbocycles. The number of aromatic nitrogens is 2. The lowest BCUT2D eigenvalue weighted by atomic mass is 10.1. The topological polar surface area (TPSA) is 81.3 Å². The van der Waals surface area contributed by atoms with Crippen molar-refractivity contribution < 1.29 is 9.59 Å². The number of rotatable bonds is 4. The molecule has 0 atom stereocenters. The number of thiophene rings is 1. The molecular formula is C20H21N5O2S. The molecule has 1 aromatic carbocycles. The lowest BCUT2D eigenvalue weighted by molar-refractivity contribution is -0.114. The summed E-state index contributed by atoms with van der Waals surface area (Å²) in [6, 6.07) is 13.1. The normalized spacial score (nSPS) is 14.2. The van der Waals surface area contributed by atoms with Gasteiger partial charge in [-0.3, -0.25) is 14.7 Å². The Morgan fingerprint density at radius 2 is 1.86 bits per heavy atom. The van der Waals surface area contributed by atoms with E-state index in [9.17, 15) is 9.59 Å². The van der Waals surface area contributed by atoms with Crippen LogP contribution < -0.4 is 10.2 Å². The fraction of sp³-hybridized carbons (Fsp3) is 0.250. The lowest BCUT2D eigenvalue weighted by Crippen LogP contribution is -2.48. The second-order valence-electron chi connectivity index (χ2n) is 6.65. The number of aromatic amines is 1. The number of carbonyl (C=O) groups is 2. The van der Waals surface area contributed by atoms with Gasteiger partial charge in [-0.25, -0.2) is 0 Å². The third kappa shape index (κ3) is 3.91. The van der Waals surface area contributed by atoms with Crippen molar-refractivity contribution in [2.75, 3.05) is 36.4 Å². The lowest BCUT2D eigenvalue weighted by Gasteiger charge is -2.34. The minimum Gasteiger partial charge on any atom is -0.352 e. The molecule has 8 heteroatoms. The smallest absolute Gasteiger partial charge is 0.253 e. The van der Waals surface area contributed by atoms with E-state index in [2.05, 4.69) is 32.5 Å². The van der Waals surface area contributed by atoms with E-state index in [0.29, 0.717) is 24.3 Å². The maximum absolute atomic E-state index is 12.7. The third-order valence-electron chi connectivity index (χ3n) is 4.69. The average Bonchev–Trinajstić information content (AvgIpc) is 3.39. The molecule has 1 aliphatic heterocycles. The quantitative estimate of drug-likeness (QED) is 0.711. The predicted octanol–water partition coefficient (Wildman–Crippen LogP) is 3.06. The Labute approximate surface area is 167 Å². The molecule has 2 amide bonds. The molecule has 0 bridgehead atoms. The largest absolute Gasteiger partial charge is 0.352 e. The molecule has 1 saturated heterocycles. The summed E-state index contributed by atoms with van der Waals surface area (Å²) in [5.41, 5.74) is 2.33. The van der Waals surface area contributed by atoms with Gasteiger partial charge in [-0.2, -0.15) is 5.10 Å². The number of hydrogen-bond donors (Lipinski definition) is 2. The van der Waals surface area contributed by atoms with Crippen LogP contribution in [0.2, 0.25) is 0 Å². The fourth-order valence-electron chi connectivity index (χ4n) is 3.25. The summed E-state index contributed by atoms with van der Waals surface area (Å²) >= 11 is 1.68. The van der Waals surface area contributed by atoms with E-state index in [0.717, 1.165) is 29.5 Å². The van der Waals surface area contributed by atoms with Crippen LogP contribution in [0.5, 0.6) is 0 Å². The summed E-state index contributed by atoms with van der Waals surface area (Å²) in [5.74, 6) is 0.793. The highest BCUT2D eigenvalue weighted by Crippen LogP contribution is 2.26. The van der Waals surface area contributed by atoms with Crippen LogP contribution in [0.3, 0.4) is 0 Å². The van der Waals surface area contributed by atoms with Crippen LogP contribution in [0.1, 0.15) is 17.3 Å². The van der Waals surface area contributed by atoms with E-state index >= 15 is 0 Å². The molecule has 3 heterocycles. The molecule has 3 aromatic rings. The zero-order valence-corrected chi connectivity index (χ0v) is 16.3. The Bertz CT molecular complexity index is 957. The summed E-state index contributed by atoms with van der Waals surface area (Å²) in [7, 11) is 0. The zero-order chi connectivity index (χ0) is 19.5. The molecule has 2 aromatic heterocycles. The number of nitrogens with one attached hydrogen (secondary N) is 2. The van der Waals surface area contributed by atoms with Crippen LogP contribution in [0.15, 0.2) is 47.8 Å². The van der Waals surface area contributed by atoms with Crippen molar-refractivity contribution in [2.45, 2.75) is 6.92 Å². The fourth-order valence-corrected chi connectivity index (χ4v) is 3.94. The molecule has 7 nitrogen and oxygen atoms in total. The van der Waals surface area contributed by atoms with E-state index in [1.54, 1.807) is 35.6 Å². The standard InChI is InChI=1S/C20H21N5O2S/c1-14(26)21-16-6-4-15(5-7-16)20(27)25-10-8-24(9-11-25)19-13-17(22-23-19)18-3-2-12-28-18/h2-7,12-13H,8-11H2,1H3,(H,21,26)(H,22,23). The van der Waals surface area contributed by atoms with Crippen molar-refractivity contribution in [3.63, 3.8) is 0 Å². The van der Waals surface area contributed by atoms with Gasteiger partial charge in [-0.1, -0.05) is 6.07 Å². The van der Waals surface area contributed by atoms with E-state index in [1.165, 1.54) is 6.92 Å². The molecule has 28 heavy (non-hydrogen) atoms. The molecule has 0 saturated carbocycles. The highest BCUT2D eigenvalue weighted by Gasteiger charge is 2.23. The van der Waals surface area contributed by atoms with Crippen molar-refractivity contribution in [1.82, 2.24) is 15.1 Å². The van der Waals surface area contributed by atoms with Gasteiger partial charge in [-0.05, 0) is 35.7 Å². The van der Waals surface area contributed by atoms with Crippen LogP contribution in [0, 0.1) is 0 Å². The van der Waals surface area contributed by atoms with Gasteiger partial charge >= 0.3 is 0 Å². The van der Waals surface area contributed by atoms with Gasteiger partial charge in [0.15, 0.2) is 5.82 Å². The van der Waals surface area contributed by atoms with Crippen LogP contribution in [-0.4, -0.2) is 53.1 Å². The molecule has 0 radical (unpaired) electrons. The van der Waals surface area contributed by atoms with Gasteiger partial charge < -0.3 is 15.1 Å². The predicted molar refractivity (Wildman–Crippen MR) is 111 cm³/mol. The van der Waals surface area contributed by atoms with E-state index in [-0.39, 0.29) is 11.8 Å². The second kappa shape index (κ2) is 7.85. The summed E-state index contributed by atoms with van der Waals surface area (Å²) in [6.07, 6.45) is 0. The Morgan fingerprint density at radius 1 is 1.11 bits per heavy atom. The molecular weight excluding hydrogens is 374 g/mol. The van der Waals surface area contributed by atoms with Gasteiger partial charge in [0.25, 0.3) is 5.91 Å². The summed E-state index contributed by atoms with van der Waals surface area (Å²) in [6.45, 7) is 4.23. The molecule has 0 spiro atoms. The summed E-state index contributed by atoms with van der Waals surface area (Å²) in [5, 5.41) is 12.3.